The third-order valence-corrected chi connectivity index (χ3v) is 10.1. The first-order chi connectivity index (χ1) is 23.9. The molecule has 14 heteroatoms. The third kappa shape index (κ3) is 9.79. The van der Waals surface area contributed by atoms with Crippen LogP contribution < -0.4 is 27.4 Å². The van der Waals surface area contributed by atoms with E-state index in [0.717, 1.165) is 38.5 Å². The van der Waals surface area contributed by atoms with Gasteiger partial charge in [-0.15, -0.1) is 0 Å². The molecule has 4 bridgehead atoms. The van der Waals surface area contributed by atoms with Gasteiger partial charge < -0.3 is 32.2 Å². The molecule has 4 saturated carbocycles. The first-order valence-electron chi connectivity index (χ1n) is 17.3. The van der Waals surface area contributed by atoms with Crippen LogP contribution in [0, 0.1) is 23.2 Å². The lowest BCUT2D eigenvalue weighted by molar-refractivity contribution is -0.173. The van der Waals surface area contributed by atoms with E-state index in [4.69, 9.17) is 16.2 Å². The van der Waals surface area contributed by atoms with Crippen molar-refractivity contribution < 1.29 is 37.1 Å². The predicted molar refractivity (Wildman–Crippen MR) is 184 cm³/mol. The maximum Gasteiger partial charge on any atom is 0.452 e. The average Bonchev–Trinajstić information content (AvgIpc) is 3.02. The van der Waals surface area contributed by atoms with E-state index in [2.05, 4.69) is 20.9 Å². The summed E-state index contributed by atoms with van der Waals surface area (Å²) in [6.45, 7) is 5.22. The standard InChI is InChI=1S/C37H47F3N6O5/c1-35(2,3)29(46-34(50)51-36-18-23-13-24(19-36)15-25(14-23)20-36)32(49)45-28(17-21-7-5-4-6-8-21)31(48)44-27(30(47)37(38,39)40)16-22-9-11-26(12-10-22)43-33(41)42/h4-12,23-25,27-29H,13-20H2,1-3H3,(H,44,48)(H,45,49)(H,46,50)(H4,41,42,43)/t23?,24?,25?,27?,28-,29-,36?/m0/s1. The number of benzene rings is 2. The number of halogens is 3. The molecule has 4 fully saturated rings. The van der Waals surface area contributed by atoms with Crippen molar-refractivity contribution in [3.8, 4) is 0 Å². The average molecular weight is 713 g/mol. The molecular weight excluding hydrogens is 665 g/mol. The number of nitrogens with one attached hydrogen (secondary N) is 3. The number of hydrogen-bond acceptors (Lipinski definition) is 6. The van der Waals surface area contributed by atoms with Crippen molar-refractivity contribution in [1.82, 2.24) is 16.0 Å². The van der Waals surface area contributed by atoms with E-state index < -0.39 is 65.4 Å². The number of nitrogens with two attached hydrogens (primary N) is 2. The van der Waals surface area contributed by atoms with E-state index in [-0.39, 0.29) is 12.4 Å². The van der Waals surface area contributed by atoms with Crippen LogP contribution in [0.5, 0.6) is 0 Å². The summed E-state index contributed by atoms with van der Waals surface area (Å²) >= 11 is 0. The number of guanidine groups is 1. The minimum absolute atomic E-state index is 0.104. The van der Waals surface area contributed by atoms with Crippen molar-refractivity contribution in [2.75, 3.05) is 0 Å². The second kappa shape index (κ2) is 14.9. The van der Waals surface area contributed by atoms with E-state index >= 15 is 0 Å². The lowest BCUT2D eigenvalue weighted by Crippen LogP contribution is -2.61. The van der Waals surface area contributed by atoms with Gasteiger partial charge in [0.05, 0.1) is 5.69 Å². The quantitative estimate of drug-likeness (QED) is 0.158. The number of Topliss-reactive ketones (excluding diaryl/α,β-unsaturated/α-hetero) is 1. The fourth-order valence-corrected chi connectivity index (χ4v) is 8.26. The van der Waals surface area contributed by atoms with Crippen LogP contribution in [0.25, 0.3) is 0 Å². The Labute approximate surface area is 295 Å². The monoisotopic (exact) mass is 712 g/mol. The number of carbonyl (C=O) groups is 4. The highest BCUT2D eigenvalue weighted by Crippen LogP contribution is 2.57. The molecule has 4 aliphatic rings. The van der Waals surface area contributed by atoms with Crippen molar-refractivity contribution in [1.29, 1.82) is 0 Å². The maximum atomic E-state index is 13.9. The van der Waals surface area contributed by atoms with Gasteiger partial charge in [-0.25, -0.2) is 9.79 Å². The summed E-state index contributed by atoms with van der Waals surface area (Å²) in [6.07, 6.45) is -0.711. The molecule has 276 valence electrons. The Bertz CT molecular complexity index is 1580. The molecule has 0 aromatic heterocycles. The number of alkyl halides is 3. The van der Waals surface area contributed by atoms with E-state index in [1.165, 1.54) is 24.3 Å². The molecule has 2 aromatic carbocycles. The number of carbonyl (C=O) groups excluding carboxylic acids is 4. The van der Waals surface area contributed by atoms with Gasteiger partial charge in [0, 0.05) is 12.8 Å². The summed E-state index contributed by atoms with van der Waals surface area (Å²) in [7, 11) is 0. The van der Waals surface area contributed by atoms with Crippen molar-refractivity contribution >= 4 is 35.3 Å². The van der Waals surface area contributed by atoms with Crippen LogP contribution in [-0.4, -0.2) is 59.6 Å². The topological polar surface area (TPSA) is 178 Å². The van der Waals surface area contributed by atoms with Gasteiger partial charge >= 0.3 is 12.3 Å². The zero-order valence-corrected chi connectivity index (χ0v) is 29.1. The van der Waals surface area contributed by atoms with Gasteiger partial charge in [-0.2, -0.15) is 13.2 Å². The molecule has 3 amide bonds. The maximum absolute atomic E-state index is 13.9. The molecule has 6 rings (SSSR count). The number of amides is 3. The van der Waals surface area contributed by atoms with Crippen LogP contribution >= 0.6 is 0 Å². The van der Waals surface area contributed by atoms with Crippen LogP contribution in [0.1, 0.15) is 70.4 Å². The molecular formula is C37H47F3N6O5. The van der Waals surface area contributed by atoms with E-state index in [1.807, 2.05) is 0 Å². The second-order valence-electron chi connectivity index (χ2n) is 15.5. The molecule has 0 radical (unpaired) electrons. The van der Waals surface area contributed by atoms with E-state index in [1.54, 1.807) is 51.1 Å². The number of ether oxygens (including phenoxy) is 1. The fraction of sp³-hybridized carbons (Fsp3) is 0.541. The lowest BCUT2D eigenvalue weighted by Gasteiger charge is -2.55. The van der Waals surface area contributed by atoms with Gasteiger partial charge in [0.15, 0.2) is 5.96 Å². The summed E-state index contributed by atoms with van der Waals surface area (Å²) in [6, 6.07) is 9.80. The molecule has 4 aliphatic carbocycles. The van der Waals surface area contributed by atoms with Crippen LogP contribution in [-0.2, 0) is 32.0 Å². The first-order valence-corrected chi connectivity index (χ1v) is 17.3. The number of hydrogen-bond donors (Lipinski definition) is 5. The SMILES string of the molecule is CC(C)(C)[C@@H](NC(=O)OC12CC3CC(CC(C3)C1)C2)C(=O)N[C@@H](Cc1ccccc1)C(=O)NC(Cc1ccc(N=C(N)N)cc1)C(=O)C(F)(F)F. The first kappa shape index (κ1) is 37.6. The van der Waals surface area contributed by atoms with E-state index in [9.17, 15) is 32.3 Å². The largest absolute Gasteiger partial charge is 0.452 e. The highest BCUT2D eigenvalue weighted by atomic mass is 19.4. The molecule has 0 aliphatic heterocycles. The second-order valence-corrected chi connectivity index (χ2v) is 15.5. The van der Waals surface area contributed by atoms with Crippen molar-refractivity contribution in [3.63, 3.8) is 0 Å². The molecule has 1 unspecified atom stereocenters. The summed E-state index contributed by atoms with van der Waals surface area (Å²) in [5, 5.41) is 7.64. The molecule has 0 saturated heterocycles. The zero-order valence-electron chi connectivity index (χ0n) is 29.1. The molecule has 11 nitrogen and oxygen atoms in total. The number of nitrogens with zero attached hydrogens (tertiary/aromatic N) is 1. The number of aliphatic imine (C=N–C) groups is 1. The van der Waals surface area contributed by atoms with Gasteiger partial charge in [0.25, 0.3) is 5.78 Å². The smallest absolute Gasteiger partial charge is 0.443 e. The lowest BCUT2D eigenvalue weighted by atomic mass is 9.54. The van der Waals surface area contributed by atoms with Gasteiger partial charge in [0.1, 0.15) is 23.7 Å². The van der Waals surface area contributed by atoms with Crippen molar-refractivity contribution in [3.05, 3.63) is 65.7 Å². The van der Waals surface area contributed by atoms with Gasteiger partial charge in [-0.05, 0) is 85.0 Å². The number of alkyl carbamates (subject to hydrolysis) is 1. The Morgan fingerprint density at radius 3 is 1.80 bits per heavy atom. The Morgan fingerprint density at radius 1 is 0.784 bits per heavy atom. The Kier molecular flexibility index (Phi) is 11.0. The zero-order chi connectivity index (χ0) is 37.1. The number of ketones is 1. The van der Waals surface area contributed by atoms with E-state index in [0.29, 0.717) is 34.6 Å². The Balaban J connectivity index is 1.33. The molecule has 0 heterocycles. The third-order valence-electron chi connectivity index (χ3n) is 10.1. The molecule has 0 spiro atoms. The molecule has 2 aromatic rings. The minimum atomic E-state index is -5.26. The summed E-state index contributed by atoms with van der Waals surface area (Å²) in [5.41, 5.74) is 10.6. The van der Waals surface area contributed by atoms with Crippen molar-refractivity contribution in [2.24, 2.45) is 39.6 Å². The molecule has 3 atom stereocenters. The fourth-order valence-electron chi connectivity index (χ4n) is 8.26. The van der Waals surface area contributed by atoms with Crippen LogP contribution in [0.4, 0.5) is 23.7 Å². The summed E-state index contributed by atoms with van der Waals surface area (Å²) in [5.74, 6) is -2.52. The molecule has 51 heavy (non-hydrogen) atoms. The highest BCUT2D eigenvalue weighted by molar-refractivity contribution is 5.96. The van der Waals surface area contributed by atoms with Crippen LogP contribution in [0.15, 0.2) is 59.6 Å². The number of rotatable bonds is 12. The van der Waals surface area contributed by atoms with Crippen molar-refractivity contribution in [2.45, 2.75) is 102 Å². The Morgan fingerprint density at radius 2 is 1.29 bits per heavy atom. The highest BCUT2D eigenvalue weighted by Gasteiger charge is 2.53. The van der Waals surface area contributed by atoms with Gasteiger partial charge in [-0.3, -0.25) is 14.4 Å². The van der Waals surface area contributed by atoms with Crippen LogP contribution in [0.2, 0.25) is 0 Å². The van der Waals surface area contributed by atoms with Gasteiger partial charge in [-0.1, -0.05) is 63.2 Å². The van der Waals surface area contributed by atoms with Crippen LogP contribution in [0.3, 0.4) is 0 Å². The Hall–Kier alpha value is -4.62. The minimum Gasteiger partial charge on any atom is -0.443 e. The predicted octanol–water partition coefficient (Wildman–Crippen LogP) is 4.59. The summed E-state index contributed by atoms with van der Waals surface area (Å²) in [4.78, 5) is 57.6. The normalized spacial score (nSPS) is 24.1. The van der Waals surface area contributed by atoms with Gasteiger partial charge in [0.2, 0.25) is 11.8 Å². The molecule has 7 N–H and O–H groups in total. The summed E-state index contributed by atoms with van der Waals surface area (Å²) < 4.78 is 47.4.